The predicted octanol–water partition coefficient (Wildman–Crippen LogP) is 3.40. The molecule has 0 amide bonds. The second kappa shape index (κ2) is 4.68. The number of benzene rings is 1. The van der Waals surface area contributed by atoms with Gasteiger partial charge in [0.1, 0.15) is 0 Å². The van der Waals surface area contributed by atoms with Gasteiger partial charge in [-0.1, -0.05) is 0 Å². The Kier molecular flexibility index (Phi) is 2.98. The van der Waals surface area contributed by atoms with Crippen molar-refractivity contribution in [2.24, 2.45) is 0 Å². The minimum absolute atomic E-state index is 0.0301. The number of rotatable bonds is 2. The van der Waals surface area contributed by atoms with E-state index in [0.29, 0.717) is 11.3 Å². The monoisotopic (exact) mass is 332 g/mol. The average Bonchev–Trinajstić information content (AvgIpc) is 2.81. The Morgan fingerprint density at radius 3 is 2.80 bits per heavy atom. The first-order chi connectivity index (χ1) is 9.56. The Labute approximate surface area is 122 Å². The second-order valence-corrected chi connectivity index (χ2v) is 5.23. The third-order valence-corrected chi connectivity index (χ3v) is 3.51. The fourth-order valence-electron chi connectivity index (χ4n) is 1.97. The lowest BCUT2D eigenvalue weighted by atomic mass is 10.2. The molecule has 100 valence electrons. The number of hydrogen-bond acceptors (Lipinski definition) is 4. The number of nitro benzene ring substituents is 1. The zero-order valence-electron chi connectivity index (χ0n) is 10.4. The number of aromatic nitrogens is 3. The standard InChI is InChI=1S/C13H9BrN4O2/c1-8-4-11(14)13(15-6-8)17-12-5-10(18(19)20)3-2-9(12)7-16-17/h2-7H,1H3. The van der Waals surface area contributed by atoms with E-state index in [1.165, 1.54) is 12.1 Å². The van der Waals surface area contributed by atoms with Crippen LogP contribution < -0.4 is 0 Å². The van der Waals surface area contributed by atoms with Gasteiger partial charge in [0.2, 0.25) is 0 Å². The van der Waals surface area contributed by atoms with Gasteiger partial charge in [-0.15, -0.1) is 0 Å². The molecule has 3 aromatic rings. The van der Waals surface area contributed by atoms with Crippen molar-refractivity contribution < 1.29 is 4.92 Å². The van der Waals surface area contributed by atoms with Crippen LogP contribution in [0.2, 0.25) is 0 Å². The molecule has 0 saturated carbocycles. The molecule has 7 heteroatoms. The third-order valence-electron chi connectivity index (χ3n) is 2.92. The van der Waals surface area contributed by atoms with Gasteiger partial charge in [0.25, 0.3) is 5.69 Å². The lowest BCUT2D eigenvalue weighted by Crippen LogP contribution is -2.01. The molecule has 0 spiro atoms. The first-order valence-electron chi connectivity index (χ1n) is 5.81. The van der Waals surface area contributed by atoms with Crippen LogP contribution in [-0.2, 0) is 0 Å². The van der Waals surface area contributed by atoms with Crippen molar-refractivity contribution in [3.05, 3.63) is 56.8 Å². The van der Waals surface area contributed by atoms with E-state index in [0.717, 1.165) is 15.4 Å². The quantitative estimate of drug-likeness (QED) is 0.532. The second-order valence-electron chi connectivity index (χ2n) is 4.37. The molecule has 6 nitrogen and oxygen atoms in total. The molecule has 0 fully saturated rings. The zero-order valence-corrected chi connectivity index (χ0v) is 12.0. The maximum absolute atomic E-state index is 10.9. The molecule has 0 aliphatic carbocycles. The molecule has 2 heterocycles. The van der Waals surface area contributed by atoms with E-state index in [2.05, 4.69) is 26.0 Å². The Hall–Kier alpha value is -2.28. The van der Waals surface area contributed by atoms with Crippen molar-refractivity contribution in [3.63, 3.8) is 0 Å². The molecule has 0 aliphatic heterocycles. The van der Waals surface area contributed by atoms with Crippen LogP contribution >= 0.6 is 15.9 Å². The van der Waals surface area contributed by atoms with E-state index in [4.69, 9.17) is 0 Å². The minimum Gasteiger partial charge on any atom is -0.258 e. The van der Waals surface area contributed by atoms with Gasteiger partial charge < -0.3 is 0 Å². The fourth-order valence-corrected chi connectivity index (χ4v) is 2.60. The molecule has 1 aromatic carbocycles. The summed E-state index contributed by atoms with van der Waals surface area (Å²) in [4.78, 5) is 14.8. The smallest absolute Gasteiger partial charge is 0.258 e. The summed E-state index contributed by atoms with van der Waals surface area (Å²) in [7, 11) is 0. The van der Waals surface area contributed by atoms with Gasteiger partial charge >= 0.3 is 0 Å². The Morgan fingerprint density at radius 1 is 1.30 bits per heavy atom. The first kappa shape index (κ1) is 12.7. The van der Waals surface area contributed by atoms with E-state index in [-0.39, 0.29) is 5.69 Å². The Morgan fingerprint density at radius 2 is 2.10 bits per heavy atom. The van der Waals surface area contributed by atoms with Crippen LogP contribution in [0.1, 0.15) is 5.56 Å². The number of nitrogens with zero attached hydrogens (tertiary/aromatic N) is 4. The van der Waals surface area contributed by atoms with Crippen LogP contribution in [0.5, 0.6) is 0 Å². The molecular formula is C13H9BrN4O2. The zero-order chi connectivity index (χ0) is 14.3. The van der Waals surface area contributed by atoms with E-state index in [9.17, 15) is 10.1 Å². The Balaban J connectivity index is 2.25. The largest absolute Gasteiger partial charge is 0.271 e. The van der Waals surface area contributed by atoms with Crippen molar-refractivity contribution in [1.82, 2.24) is 14.8 Å². The van der Waals surface area contributed by atoms with Gasteiger partial charge in [0.05, 0.1) is 21.1 Å². The summed E-state index contributed by atoms with van der Waals surface area (Å²) in [5, 5.41) is 16.0. The fraction of sp³-hybridized carbons (Fsp3) is 0.0769. The summed E-state index contributed by atoms with van der Waals surface area (Å²) < 4.78 is 2.38. The molecular weight excluding hydrogens is 324 g/mol. The molecule has 20 heavy (non-hydrogen) atoms. The van der Waals surface area contributed by atoms with Gasteiger partial charge in [-0.2, -0.15) is 5.10 Å². The van der Waals surface area contributed by atoms with Crippen LogP contribution in [0.15, 0.2) is 41.1 Å². The van der Waals surface area contributed by atoms with Crippen molar-refractivity contribution in [1.29, 1.82) is 0 Å². The summed E-state index contributed by atoms with van der Waals surface area (Å²) in [6, 6.07) is 6.56. The summed E-state index contributed by atoms with van der Waals surface area (Å²) in [5.41, 5.74) is 1.70. The molecule has 0 aliphatic rings. The summed E-state index contributed by atoms with van der Waals surface area (Å²) in [5.74, 6) is 0.603. The lowest BCUT2D eigenvalue weighted by Gasteiger charge is -2.05. The maximum atomic E-state index is 10.9. The molecule has 0 atom stereocenters. The van der Waals surface area contributed by atoms with E-state index < -0.39 is 4.92 Å². The van der Waals surface area contributed by atoms with Crippen molar-refractivity contribution in [2.75, 3.05) is 0 Å². The predicted molar refractivity (Wildman–Crippen MR) is 78.0 cm³/mol. The van der Waals surface area contributed by atoms with Crippen molar-refractivity contribution >= 4 is 32.5 Å². The highest BCUT2D eigenvalue weighted by atomic mass is 79.9. The topological polar surface area (TPSA) is 73.8 Å². The summed E-state index contributed by atoms with van der Waals surface area (Å²) >= 11 is 3.44. The highest BCUT2D eigenvalue weighted by molar-refractivity contribution is 9.10. The number of halogens is 1. The van der Waals surface area contributed by atoms with Crippen LogP contribution in [0.25, 0.3) is 16.7 Å². The van der Waals surface area contributed by atoms with E-state index in [1.807, 2.05) is 13.0 Å². The number of pyridine rings is 1. The molecule has 2 aromatic heterocycles. The van der Waals surface area contributed by atoms with E-state index >= 15 is 0 Å². The average molecular weight is 333 g/mol. The van der Waals surface area contributed by atoms with Crippen molar-refractivity contribution in [3.8, 4) is 5.82 Å². The summed E-state index contributed by atoms with van der Waals surface area (Å²) in [6.07, 6.45) is 3.39. The molecule has 0 N–H and O–H groups in total. The Bertz CT molecular complexity index is 828. The number of aryl methyl sites for hydroxylation is 1. The number of fused-ring (bicyclic) bond motifs is 1. The van der Waals surface area contributed by atoms with Gasteiger partial charge in [-0.3, -0.25) is 10.1 Å². The van der Waals surface area contributed by atoms with Gasteiger partial charge in [0, 0.05) is 23.7 Å². The summed E-state index contributed by atoms with van der Waals surface area (Å²) in [6.45, 7) is 1.94. The number of hydrogen-bond donors (Lipinski definition) is 0. The van der Waals surface area contributed by atoms with Gasteiger partial charge in [-0.05, 0) is 40.5 Å². The molecule has 0 unspecified atom stereocenters. The van der Waals surface area contributed by atoms with Crippen LogP contribution in [0.4, 0.5) is 5.69 Å². The van der Waals surface area contributed by atoms with Crippen molar-refractivity contribution in [2.45, 2.75) is 6.92 Å². The highest BCUT2D eigenvalue weighted by Crippen LogP contribution is 2.26. The molecule has 3 rings (SSSR count). The number of non-ortho nitro benzene ring substituents is 1. The third kappa shape index (κ3) is 2.05. The molecule has 0 bridgehead atoms. The van der Waals surface area contributed by atoms with Crippen LogP contribution in [0, 0.1) is 17.0 Å². The SMILES string of the molecule is Cc1cnc(-n2ncc3ccc([N+](=O)[O-])cc32)c(Br)c1. The van der Waals surface area contributed by atoms with Crippen LogP contribution in [-0.4, -0.2) is 19.7 Å². The number of nitro groups is 1. The first-order valence-corrected chi connectivity index (χ1v) is 6.60. The maximum Gasteiger partial charge on any atom is 0.271 e. The van der Waals surface area contributed by atoms with Gasteiger partial charge in [0.15, 0.2) is 5.82 Å². The normalized spacial score (nSPS) is 10.9. The highest BCUT2D eigenvalue weighted by Gasteiger charge is 2.13. The minimum atomic E-state index is -0.422. The van der Waals surface area contributed by atoms with Crippen LogP contribution in [0.3, 0.4) is 0 Å². The molecule has 0 saturated heterocycles. The lowest BCUT2D eigenvalue weighted by molar-refractivity contribution is -0.384. The van der Waals surface area contributed by atoms with Gasteiger partial charge in [-0.25, -0.2) is 9.67 Å². The van der Waals surface area contributed by atoms with E-state index in [1.54, 1.807) is 23.1 Å². The molecule has 0 radical (unpaired) electrons.